The molecule has 0 aliphatic rings. The normalized spacial score (nSPS) is 11.4. The highest BCUT2D eigenvalue weighted by molar-refractivity contribution is 5.69. The Morgan fingerprint density at radius 3 is 2.67 bits per heavy atom. The van der Waals surface area contributed by atoms with Crippen LogP contribution in [0.5, 0.6) is 5.75 Å². The molecule has 0 radical (unpaired) electrons. The summed E-state index contributed by atoms with van der Waals surface area (Å²) in [6.45, 7) is 5.98. The molecule has 0 fully saturated rings. The van der Waals surface area contributed by atoms with Gasteiger partial charge in [0.2, 0.25) is 0 Å². The zero-order valence-corrected chi connectivity index (χ0v) is 12.9. The first kappa shape index (κ1) is 16.9. The molecule has 21 heavy (non-hydrogen) atoms. The van der Waals surface area contributed by atoms with Crippen molar-refractivity contribution >= 4 is 5.97 Å². The molecule has 1 unspecified atom stereocenters. The average Bonchev–Trinajstić information content (AvgIpc) is 2.46. The van der Waals surface area contributed by atoms with Crippen LogP contribution in [0.2, 0.25) is 0 Å². The number of aryl methyl sites for hydroxylation is 2. The number of hydrogen-bond acceptors (Lipinski definition) is 4. The molecule has 6 heteroatoms. The predicted molar refractivity (Wildman–Crippen MR) is 80.2 cm³/mol. The summed E-state index contributed by atoms with van der Waals surface area (Å²) in [7, 11) is 1.62. The highest BCUT2D eigenvalue weighted by Gasteiger charge is 2.16. The van der Waals surface area contributed by atoms with Gasteiger partial charge in [0.05, 0.1) is 19.8 Å². The van der Waals surface area contributed by atoms with E-state index in [-0.39, 0.29) is 18.4 Å². The van der Waals surface area contributed by atoms with Gasteiger partial charge in [0.15, 0.2) is 0 Å². The fourth-order valence-electron chi connectivity index (χ4n) is 2.22. The zero-order valence-electron chi connectivity index (χ0n) is 12.9. The van der Waals surface area contributed by atoms with E-state index in [1.807, 2.05) is 26.0 Å². The number of benzene rings is 1. The Bertz CT molecular complexity index is 551. The maximum atomic E-state index is 11.5. The van der Waals surface area contributed by atoms with Crippen molar-refractivity contribution in [1.29, 1.82) is 0 Å². The van der Waals surface area contributed by atoms with Crippen molar-refractivity contribution in [2.24, 2.45) is 5.11 Å². The van der Waals surface area contributed by atoms with Gasteiger partial charge in [0, 0.05) is 11.3 Å². The van der Waals surface area contributed by atoms with E-state index in [0.29, 0.717) is 13.0 Å². The highest BCUT2D eigenvalue weighted by Crippen LogP contribution is 2.31. The van der Waals surface area contributed by atoms with Gasteiger partial charge in [-0.25, -0.2) is 0 Å². The van der Waals surface area contributed by atoms with Crippen LogP contribution in [0.15, 0.2) is 17.2 Å². The second-order valence-electron chi connectivity index (χ2n) is 4.74. The lowest BCUT2D eigenvalue weighted by molar-refractivity contribution is -0.143. The Morgan fingerprint density at radius 1 is 1.38 bits per heavy atom. The third kappa shape index (κ3) is 4.68. The number of azide groups is 1. The fraction of sp³-hybridized carbons (Fsp3) is 0.533. The Kier molecular flexibility index (Phi) is 6.56. The summed E-state index contributed by atoms with van der Waals surface area (Å²) in [5, 5.41) is 3.82. The molecule has 0 amide bonds. The minimum Gasteiger partial charge on any atom is -0.496 e. The zero-order chi connectivity index (χ0) is 15.8. The monoisotopic (exact) mass is 291 g/mol. The van der Waals surface area contributed by atoms with E-state index in [0.717, 1.165) is 22.4 Å². The van der Waals surface area contributed by atoms with Crippen LogP contribution in [0.25, 0.3) is 10.4 Å². The Labute approximate surface area is 124 Å². The molecule has 1 aromatic carbocycles. The molecule has 1 rings (SSSR count). The summed E-state index contributed by atoms with van der Waals surface area (Å²) in [4.78, 5) is 14.3. The lowest BCUT2D eigenvalue weighted by Crippen LogP contribution is -2.07. The van der Waals surface area contributed by atoms with Gasteiger partial charge in [-0.15, -0.1) is 0 Å². The van der Waals surface area contributed by atoms with Gasteiger partial charge in [-0.3, -0.25) is 4.79 Å². The molecule has 1 aromatic rings. The summed E-state index contributed by atoms with van der Waals surface area (Å²) >= 11 is 0. The highest BCUT2D eigenvalue weighted by atomic mass is 16.5. The van der Waals surface area contributed by atoms with E-state index in [2.05, 4.69) is 10.0 Å². The second-order valence-corrected chi connectivity index (χ2v) is 4.74. The van der Waals surface area contributed by atoms with Gasteiger partial charge in [0.1, 0.15) is 5.75 Å². The van der Waals surface area contributed by atoms with Crippen LogP contribution in [-0.4, -0.2) is 19.7 Å². The van der Waals surface area contributed by atoms with Gasteiger partial charge >= 0.3 is 5.97 Å². The third-order valence-electron chi connectivity index (χ3n) is 3.26. The van der Waals surface area contributed by atoms with E-state index < -0.39 is 0 Å². The molecule has 114 valence electrons. The van der Waals surface area contributed by atoms with Crippen LogP contribution in [0, 0.1) is 13.8 Å². The van der Waals surface area contributed by atoms with Gasteiger partial charge < -0.3 is 9.47 Å². The van der Waals surface area contributed by atoms with Gasteiger partial charge in [-0.05, 0) is 55.5 Å². The summed E-state index contributed by atoms with van der Waals surface area (Å²) in [6, 6.07) is 3.47. The van der Waals surface area contributed by atoms with Crippen LogP contribution < -0.4 is 4.74 Å². The number of nitrogens with zero attached hydrogens (tertiary/aromatic N) is 3. The summed E-state index contributed by atoms with van der Waals surface area (Å²) in [5.41, 5.74) is 11.6. The number of esters is 1. The number of methoxy groups -OCH3 is 1. The lowest BCUT2D eigenvalue weighted by atomic mass is 9.95. The van der Waals surface area contributed by atoms with E-state index in [1.54, 1.807) is 14.0 Å². The molecule has 0 aliphatic heterocycles. The van der Waals surface area contributed by atoms with E-state index >= 15 is 0 Å². The molecule has 0 N–H and O–H groups in total. The average molecular weight is 291 g/mol. The van der Waals surface area contributed by atoms with Crippen molar-refractivity contribution in [2.75, 3.05) is 13.7 Å². The molecule has 1 atom stereocenters. The smallest absolute Gasteiger partial charge is 0.305 e. The van der Waals surface area contributed by atoms with Gasteiger partial charge in [-0.2, -0.15) is 0 Å². The Hall–Kier alpha value is -2.20. The summed E-state index contributed by atoms with van der Waals surface area (Å²) in [5.74, 6) is 0.514. The number of rotatable bonds is 7. The largest absolute Gasteiger partial charge is 0.496 e. The molecule has 6 nitrogen and oxygen atoms in total. The van der Waals surface area contributed by atoms with Crippen molar-refractivity contribution in [3.05, 3.63) is 39.3 Å². The van der Waals surface area contributed by atoms with Crippen LogP contribution in [-0.2, 0) is 9.53 Å². The molecule has 0 heterocycles. The first-order valence-electron chi connectivity index (χ1n) is 6.88. The Morgan fingerprint density at radius 2 is 2.10 bits per heavy atom. The third-order valence-corrected chi connectivity index (χ3v) is 3.26. The molecule has 0 aromatic heterocycles. The number of carbonyl (C=O) groups is 1. The number of hydrogen-bond donors (Lipinski definition) is 0. The van der Waals surface area contributed by atoms with Crippen LogP contribution in [0.4, 0.5) is 0 Å². The maximum absolute atomic E-state index is 11.5. The predicted octanol–water partition coefficient (Wildman–Crippen LogP) is 4.01. The molecular formula is C15H21N3O3. The van der Waals surface area contributed by atoms with Crippen molar-refractivity contribution in [1.82, 2.24) is 0 Å². The van der Waals surface area contributed by atoms with Crippen LogP contribution in [0.3, 0.4) is 0 Å². The van der Waals surface area contributed by atoms with E-state index in [9.17, 15) is 4.79 Å². The molecule has 0 bridgehead atoms. The van der Waals surface area contributed by atoms with E-state index in [1.165, 1.54) is 0 Å². The van der Waals surface area contributed by atoms with E-state index in [4.69, 9.17) is 15.0 Å². The number of ether oxygens (including phenoxy) is 2. The summed E-state index contributed by atoms with van der Waals surface area (Å²) in [6.07, 6.45) is 0.650. The standard InChI is InChI=1S/C15H21N3O3/c1-5-21-15(19)7-6-13(17-18-16)12-8-11(3)14(20-4)9-10(12)2/h8-9,13H,5-7H2,1-4H3. The molecular weight excluding hydrogens is 270 g/mol. The van der Waals surface area contributed by atoms with Crippen LogP contribution >= 0.6 is 0 Å². The minimum absolute atomic E-state index is 0.224. The molecule has 0 aliphatic carbocycles. The quantitative estimate of drug-likeness (QED) is 0.329. The maximum Gasteiger partial charge on any atom is 0.305 e. The lowest BCUT2D eigenvalue weighted by Gasteiger charge is -2.16. The van der Waals surface area contributed by atoms with Crippen molar-refractivity contribution in [3.63, 3.8) is 0 Å². The topological polar surface area (TPSA) is 84.3 Å². The minimum atomic E-state index is -0.385. The van der Waals surface area contributed by atoms with Crippen LogP contribution in [0.1, 0.15) is 42.5 Å². The first-order valence-corrected chi connectivity index (χ1v) is 6.88. The fourth-order valence-corrected chi connectivity index (χ4v) is 2.22. The molecule has 0 saturated heterocycles. The van der Waals surface area contributed by atoms with Crippen molar-refractivity contribution in [3.8, 4) is 5.75 Å². The molecule has 0 spiro atoms. The number of carbonyl (C=O) groups excluding carboxylic acids is 1. The second kappa shape index (κ2) is 8.17. The molecule has 0 saturated carbocycles. The summed E-state index contributed by atoms with van der Waals surface area (Å²) < 4.78 is 10.2. The Balaban J connectivity index is 2.98. The van der Waals surface area contributed by atoms with Gasteiger partial charge in [-0.1, -0.05) is 11.2 Å². The van der Waals surface area contributed by atoms with Gasteiger partial charge in [0.25, 0.3) is 0 Å². The van der Waals surface area contributed by atoms with Crippen molar-refractivity contribution < 1.29 is 14.3 Å². The first-order chi connectivity index (χ1) is 10.0. The van der Waals surface area contributed by atoms with Crippen molar-refractivity contribution in [2.45, 2.75) is 39.7 Å². The SMILES string of the molecule is CCOC(=O)CCC(N=[N+]=[N-])c1cc(C)c(OC)cc1C.